The van der Waals surface area contributed by atoms with Crippen molar-refractivity contribution in [1.29, 1.82) is 0 Å². The lowest BCUT2D eigenvalue weighted by molar-refractivity contribution is -0.148. The minimum Gasteiger partial charge on any atom is -0.489 e. The van der Waals surface area contributed by atoms with Crippen molar-refractivity contribution in [2.75, 3.05) is 26.1 Å². The lowest BCUT2D eigenvalue weighted by Crippen LogP contribution is -2.40. The number of methoxy groups -OCH3 is 2. The molecule has 0 saturated heterocycles. The van der Waals surface area contributed by atoms with E-state index in [0.29, 0.717) is 32.3 Å². The first kappa shape index (κ1) is 48.7. The number of hydrogen-bond acceptors (Lipinski definition) is 14. The molecule has 0 aliphatic carbocycles. The molecule has 18 nitrogen and oxygen atoms in total. The number of esters is 2. The second-order valence-electron chi connectivity index (χ2n) is 12.7. The van der Waals surface area contributed by atoms with Crippen LogP contribution in [-0.4, -0.2) is 72.4 Å². The van der Waals surface area contributed by atoms with Gasteiger partial charge in [-0.15, -0.1) is 0 Å². The Labute approximate surface area is 362 Å². The van der Waals surface area contributed by atoms with Gasteiger partial charge in [0.05, 0.1) is 32.1 Å². The van der Waals surface area contributed by atoms with E-state index in [9.17, 15) is 45.6 Å². The average molecular weight is 921 g/mol. The van der Waals surface area contributed by atoms with Crippen molar-refractivity contribution in [1.82, 2.24) is 23.8 Å². The molecule has 1 atom stereocenters. The molecule has 3 aromatic carbocycles. The molecular formula is C40H40ClF3N6O12S. The summed E-state index contributed by atoms with van der Waals surface area (Å²) in [5, 5.41) is 2.10. The van der Waals surface area contributed by atoms with E-state index in [1.54, 1.807) is 18.6 Å². The van der Waals surface area contributed by atoms with E-state index in [-0.39, 0.29) is 41.4 Å². The number of carbonyl (C=O) groups excluding carboxylic acids is 3. The quantitative estimate of drug-likeness (QED) is 0.104. The topological polar surface area (TPSA) is 225 Å². The molecule has 0 radical (unpaired) electrons. The average Bonchev–Trinajstić information content (AvgIpc) is 3.24. The highest BCUT2D eigenvalue weighted by molar-refractivity contribution is 7.90. The molecule has 2 amide bonds. The van der Waals surface area contributed by atoms with Crippen LogP contribution in [0.4, 0.5) is 23.9 Å². The summed E-state index contributed by atoms with van der Waals surface area (Å²) in [5.74, 6) is -0.719. The zero-order valence-electron chi connectivity index (χ0n) is 34.3. The van der Waals surface area contributed by atoms with E-state index in [1.165, 1.54) is 68.8 Å². The van der Waals surface area contributed by atoms with Crippen LogP contribution in [0.3, 0.4) is 0 Å². The van der Waals surface area contributed by atoms with Gasteiger partial charge in [0.25, 0.3) is 15.6 Å². The Morgan fingerprint density at radius 2 is 1.62 bits per heavy atom. The molecule has 0 aliphatic heterocycles. The highest BCUT2D eigenvalue weighted by Crippen LogP contribution is 2.28. The number of benzene rings is 3. The first-order chi connectivity index (χ1) is 29.7. The lowest BCUT2D eigenvalue weighted by atomic mass is 10.1. The number of nitrogens with one attached hydrogen (secondary N) is 2. The van der Waals surface area contributed by atoms with Crippen molar-refractivity contribution in [3.63, 3.8) is 0 Å². The van der Waals surface area contributed by atoms with Gasteiger partial charge in [-0.3, -0.25) is 14.7 Å². The van der Waals surface area contributed by atoms with Gasteiger partial charge >= 0.3 is 29.8 Å². The zero-order valence-corrected chi connectivity index (χ0v) is 35.9. The van der Waals surface area contributed by atoms with Crippen molar-refractivity contribution in [3.05, 3.63) is 127 Å². The molecule has 23 heteroatoms. The van der Waals surface area contributed by atoms with Crippen LogP contribution < -0.4 is 35.5 Å². The van der Waals surface area contributed by atoms with Gasteiger partial charge in [-0.2, -0.15) is 18.2 Å². The molecule has 0 bridgehead atoms. The Morgan fingerprint density at radius 3 is 2.24 bits per heavy atom. The number of sulfonamides is 1. The summed E-state index contributed by atoms with van der Waals surface area (Å²) in [7, 11) is -0.831. The number of aryl methyl sites for hydroxylation is 1. The Kier molecular flexibility index (Phi) is 16.4. The number of halogens is 4. The number of rotatable bonds is 14. The molecular weight excluding hydrogens is 881 g/mol. The van der Waals surface area contributed by atoms with Crippen molar-refractivity contribution in [2.24, 2.45) is 7.05 Å². The molecule has 5 aromatic rings. The third-order valence-electron chi connectivity index (χ3n) is 8.48. The molecule has 63 heavy (non-hydrogen) atoms. The van der Waals surface area contributed by atoms with Crippen LogP contribution in [0.5, 0.6) is 17.4 Å². The van der Waals surface area contributed by atoms with Gasteiger partial charge in [0.2, 0.25) is 11.8 Å². The van der Waals surface area contributed by atoms with Crippen molar-refractivity contribution < 1.29 is 59.7 Å². The number of urea groups is 1. The molecule has 2 heterocycles. The van der Waals surface area contributed by atoms with Crippen molar-refractivity contribution in [3.8, 4) is 23.1 Å². The van der Waals surface area contributed by atoms with Gasteiger partial charge < -0.3 is 23.7 Å². The summed E-state index contributed by atoms with van der Waals surface area (Å²) in [5.41, 5.74) is -2.01. The molecule has 0 fully saturated rings. The Bertz CT molecular complexity index is 2690. The maximum atomic E-state index is 13.1. The van der Waals surface area contributed by atoms with Crippen LogP contribution in [0.15, 0.2) is 93.3 Å². The summed E-state index contributed by atoms with van der Waals surface area (Å²) in [6.45, 7) is 5.28. The van der Waals surface area contributed by atoms with Crippen LogP contribution in [0.2, 0.25) is 5.15 Å². The molecule has 336 valence electrons. The van der Waals surface area contributed by atoms with Crippen LogP contribution in [-0.2, 0) is 50.5 Å². The summed E-state index contributed by atoms with van der Waals surface area (Å²) in [6.07, 6.45) is -4.91. The van der Waals surface area contributed by atoms with E-state index >= 15 is 0 Å². The number of anilines is 1. The Morgan fingerprint density at radius 1 is 0.937 bits per heavy atom. The van der Waals surface area contributed by atoms with E-state index < -0.39 is 62.1 Å². The van der Waals surface area contributed by atoms with E-state index in [1.807, 2.05) is 25.1 Å². The summed E-state index contributed by atoms with van der Waals surface area (Å²) >= 11 is 5.75. The van der Waals surface area contributed by atoms with Gasteiger partial charge in [-0.1, -0.05) is 42.8 Å². The number of hydrogen-bond donors (Lipinski definition) is 2. The molecule has 0 spiro atoms. The van der Waals surface area contributed by atoms with Gasteiger partial charge in [0.15, 0.2) is 6.10 Å². The van der Waals surface area contributed by atoms with E-state index in [0.717, 1.165) is 19.0 Å². The summed E-state index contributed by atoms with van der Waals surface area (Å²) < 4.78 is 92.9. The fourth-order valence-corrected chi connectivity index (χ4v) is 6.66. The number of aromatic nitrogens is 4. The zero-order chi connectivity index (χ0) is 46.6. The van der Waals surface area contributed by atoms with Gasteiger partial charge in [0, 0.05) is 24.7 Å². The fraction of sp³-hybridized carbons (Fsp3) is 0.275. The minimum atomic E-state index is -4.84. The second-order valence-corrected chi connectivity index (χ2v) is 14.8. The van der Waals surface area contributed by atoms with Crippen molar-refractivity contribution in [2.45, 2.75) is 51.0 Å². The molecule has 0 saturated carbocycles. The Hall–Kier alpha value is -6.94. The maximum Gasteiger partial charge on any atom is 0.431 e. The fourth-order valence-electron chi connectivity index (χ4n) is 5.38. The molecule has 2 N–H and O–H groups in total. The standard InChI is InChI=1S/C25H25F3N2O6.C15H15ClN4O6S/c1-5-16-6-7-17(20(12-16)36-15(2)23(32)34-4)14-35-19-10-8-18(9-11-19)30-22(31)13-21(25(26,27)28)29(3)24(30)33;1-3-26-13(21)9-6-4-5-7-10(9)27(23,24)20-15(22)19-14-17-11(16)8-12(18-14)25-2/h6-13,15H,5,14H2,1-4H3;4-8H,3H2,1-2H3,(H2,17,18,19,20,22). The van der Waals surface area contributed by atoms with Gasteiger partial charge in [0.1, 0.15) is 33.8 Å². The molecule has 0 aliphatic rings. The van der Waals surface area contributed by atoms with Crippen LogP contribution in [0.1, 0.15) is 48.0 Å². The number of carbonyl (C=O) groups is 3. The third-order valence-corrected chi connectivity index (χ3v) is 10.1. The minimum absolute atomic E-state index is 0.0207. The monoisotopic (exact) mass is 920 g/mol. The second kappa shape index (κ2) is 21.2. The molecule has 2 aromatic heterocycles. The first-order valence-electron chi connectivity index (χ1n) is 18.4. The van der Waals surface area contributed by atoms with Crippen LogP contribution in [0, 0.1) is 0 Å². The predicted molar refractivity (Wildman–Crippen MR) is 220 cm³/mol. The highest BCUT2D eigenvalue weighted by atomic mass is 35.5. The maximum absolute atomic E-state index is 13.1. The Balaban J connectivity index is 0.000000288. The largest absolute Gasteiger partial charge is 0.489 e. The lowest BCUT2D eigenvalue weighted by Gasteiger charge is -2.17. The number of amides is 2. The van der Waals surface area contributed by atoms with E-state index in [4.69, 9.17) is 35.3 Å². The molecule has 5 rings (SSSR count). The summed E-state index contributed by atoms with van der Waals surface area (Å²) in [6, 6.07) is 17.1. The number of ether oxygens (including phenoxy) is 5. The van der Waals surface area contributed by atoms with Gasteiger partial charge in [-0.25, -0.2) is 41.9 Å². The molecule has 1 unspecified atom stereocenters. The highest BCUT2D eigenvalue weighted by Gasteiger charge is 2.35. The van der Waals surface area contributed by atoms with Crippen LogP contribution >= 0.6 is 11.6 Å². The SMILES string of the molecule is CCOC(=O)c1ccccc1S(=O)(=O)NC(=O)Nc1nc(Cl)cc(OC)n1.CCc1ccc(COc2ccc(-n3c(=O)cc(C(F)(F)F)n(C)c3=O)cc2)c(OC(C)C(=O)OC)c1. The smallest absolute Gasteiger partial charge is 0.431 e. The summed E-state index contributed by atoms with van der Waals surface area (Å²) in [4.78, 5) is 67.6. The number of nitrogens with zero attached hydrogens (tertiary/aromatic N) is 4. The van der Waals surface area contributed by atoms with Crippen molar-refractivity contribution >= 4 is 45.5 Å². The third kappa shape index (κ3) is 12.8. The first-order valence-corrected chi connectivity index (χ1v) is 20.3. The number of alkyl halides is 3. The van der Waals surface area contributed by atoms with E-state index in [2.05, 4.69) is 15.3 Å². The van der Waals surface area contributed by atoms with Gasteiger partial charge in [-0.05, 0) is 68.3 Å². The van der Waals surface area contributed by atoms with Crippen LogP contribution in [0.25, 0.3) is 5.69 Å². The predicted octanol–water partition coefficient (Wildman–Crippen LogP) is 5.46. The normalized spacial score (nSPS) is 11.6.